The van der Waals surface area contributed by atoms with Crippen LogP contribution in [0.5, 0.6) is 0 Å². The van der Waals surface area contributed by atoms with Crippen molar-refractivity contribution in [2.75, 3.05) is 12.8 Å². The summed E-state index contributed by atoms with van der Waals surface area (Å²) in [4.78, 5) is 0.634. The summed E-state index contributed by atoms with van der Waals surface area (Å²) in [5.74, 6) is 0.421. The van der Waals surface area contributed by atoms with Crippen LogP contribution in [0.3, 0.4) is 0 Å². The van der Waals surface area contributed by atoms with Gasteiger partial charge in [-0.3, -0.25) is 0 Å². The second kappa shape index (κ2) is 6.48. The molecule has 0 fully saturated rings. The number of hydrogen-bond acceptors (Lipinski definition) is 2. The smallest absolute Gasteiger partial charge is 0.312 e. The van der Waals surface area contributed by atoms with Crippen molar-refractivity contribution in [2.24, 2.45) is 5.92 Å². The van der Waals surface area contributed by atoms with E-state index in [4.69, 9.17) is 0 Å². The number of benzene rings is 1. The minimum absolute atomic E-state index is 0.252. The molecule has 0 saturated carbocycles. The second-order valence-corrected chi connectivity index (χ2v) is 5.43. The van der Waals surface area contributed by atoms with Gasteiger partial charge in [0, 0.05) is 11.4 Å². The molecular formula is C13H18F3NS. The molecule has 0 aromatic heterocycles. The molecule has 1 aromatic carbocycles. The molecule has 1 rings (SSSR count). The normalized spacial score (nSPS) is 12.2. The maximum absolute atomic E-state index is 12.9. The summed E-state index contributed by atoms with van der Waals surface area (Å²) in [6.07, 6.45) is -2.52. The minimum atomic E-state index is -4.29. The van der Waals surface area contributed by atoms with Crippen molar-refractivity contribution in [3.63, 3.8) is 0 Å². The van der Waals surface area contributed by atoms with Crippen molar-refractivity contribution in [3.05, 3.63) is 29.3 Å². The lowest BCUT2D eigenvalue weighted by molar-refractivity contribution is -0.138. The molecular weight excluding hydrogens is 259 g/mol. The van der Waals surface area contributed by atoms with Crippen molar-refractivity contribution in [1.82, 2.24) is 5.32 Å². The fourth-order valence-electron chi connectivity index (χ4n) is 1.60. The van der Waals surface area contributed by atoms with Gasteiger partial charge in [0.1, 0.15) is 0 Å². The van der Waals surface area contributed by atoms with Crippen LogP contribution in [0.25, 0.3) is 0 Å². The fourth-order valence-corrected chi connectivity index (χ4v) is 2.04. The zero-order chi connectivity index (χ0) is 13.8. The first-order chi connectivity index (χ1) is 8.34. The van der Waals surface area contributed by atoms with E-state index in [1.54, 1.807) is 18.4 Å². The second-order valence-electron chi connectivity index (χ2n) is 4.55. The Bertz CT molecular complexity index is 388. The van der Waals surface area contributed by atoms with Gasteiger partial charge < -0.3 is 5.32 Å². The SMILES string of the molecule is CSc1ccc(CNCC(C)C)c(C(F)(F)F)c1. The molecule has 5 heteroatoms. The van der Waals surface area contributed by atoms with Gasteiger partial charge in [0.15, 0.2) is 0 Å². The number of rotatable bonds is 5. The fraction of sp³-hybridized carbons (Fsp3) is 0.538. The van der Waals surface area contributed by atoms with Crippen molar-refractivity contribution in [2.45, 2.75) is 31.5 Å². The average molecular weight is 277 g/mol. The van der Waals surface area contributed by atoms with Gasteiger partial charge in [0.05, 0.1) is 5.56 Å². The number of thioether (sulfide) groups is 1. The van der Waals surface area contributed by atoms with Gasteiger partial charge in [-0.25, -0.2) is 0 Å². The summed E-state index contributed by atoms with van der Waals surface area (Å²) < 4.78 is 38.7. The Labute approximate surface area is 110 Å². The summed E-state index contributed by atoms with van der Waals surface area (Å²) >= 11 is 1.32. The maximum atomic E-state index is 12.9. The van der Waals surface area contributed by atoms with Crippen LogP contribution in [0.2, 0.25) is 0 Å². The molecule has 1 nitrogen and oxygen atoms in total. The highest BCUT2D eigenvalue weighted by Crippen LogP contribution is 2.34. The zero-order valence-electron chi connectivity index (χ0n) is 10.8. The molecule has 18 heavy (non-hydrogen) atoms. The molecule has 0 aliphatic rings. The summed E-state index contributed by atoms with van der Waals surface area (Å²) in [5, 5.41) is 3.04. The van der Waals surface area contributed by atoms with Crippen LogP contribution in [-0.4, -0.2) is 12.8 Å². The molecule has 1 N–H and O–H groups in total. The Morgan fingerprint density at radius 1 is 1.28 bits per heavy atom. The third-order valence-corrected chi connectivity index (χ3v) is 3.22. The van der Waals surface area contributed by atoms with E-state index in [1.165, 1.54) is 17.8 Å². The average Bonchev–Trinajstić information content (AvgIpc) is 2.27. The van der Waals surface area contributed by atoms with Crippen LogP contribution in [0.15, 0.2) is 23.1 Å². The van der Waals surface area contributed by atoms with Gasteiger partial charge in [0.2, 0.25) is 0 Å². The van der Waals surface area contributed by atoms with Crippen LogP contribution in [0, 0.1) is 5.92 Å². The van der Waals surface area contributed by atoms with E-state index in [0.29, 0.717) is 22.9 Å². The highest BCUT2D eigenvalue weighted by atomic mass is 32.2. The Morgan fingerprint density at radius 3 is 2.44 bits per heavy atom. The molecule has 0 aliphatic heterocycles. The predicted molar refractivity (Wildman–Crippen MR) is 69.8 cm³/mol. The first-order valence-corrected chi connectivity index (χ1v) is 7.02. The van der Waals surface area contributed by atoms with E-state index in [0.717, 1.165) is 0 Å². The molecule has 0 bridgehead atoms. The van der Waals surface area contributed by atoms with E-state index in [-0.39, 0.29) is 6.54 Å². The number of nitrogens with one attached hydrogen (secondary N) is 1. The Kier molecular flexibility index (Phi) is 5.53. The van der Waals surface area contributed by atoms with Crippen LogP contribution >= 0.6 is 11.8 Å². The van der Waals surface area contributed by atoms with Crippen LogP contribution < -0.4 is 5.32 Å². The van der Waals surface area contributed by atoms with E-state index < -0.39 is 11.7 Å². The van der Waals surface area contributed by atoms with Gasteiger partial charge in [-0.2, -0.15) is 13.2 Å². The third kappa shape index (κ3) is 4.53. The zero-order valence-corrected chi connectivity index (χ0v) is 11.6. The minimum Gasteiger partial charge on any atom is -0.312 e. The highest BCUT2D eigenvalue weighted by molar-refractivity contribution is 7.98. The standard InChI is InChI=1S/C13H18F3NS/c1-9(2)7-17-8-10-4-5-11(18-3)6-12(10)13(14,15)16/h4-6,9,17H,7-8H2,1-3H3. The summed E-state index contributed by atoms with van der Waals surface area (Å²) in [5.41, 5.74) is -0.230. The van der Waals surface area contributed by atoms with Gasteiger partial charge in [-0.1, -0.05) is 19.9 Å². The van der Waals surface area contributed by atoms with E-state index >= 15 is 0 Å². The molecule has 0 saturated heterocycles. The quantitative estimate of drug-likeness (QED) is 0.811. The molecule has 0 unspecified atom stereocenters. The predicted octanol–water partition coefficient (Wildman–Crippen LogP) is 4.17. The molecule has 102 valence electrons. The Balaban J connectivity index is 2.89. The molecule has 0 aliphatic carbocycles. The third-order valence-electron chi connectivity index (χ3n) is 2.49. The Morgan fingerprint density at radius 2 is 1.94 bits per heavy atom. The van der Waals surface area contributed by atoms with Crippen molar-refractivity contribution >= 4 is 11.8 Å². The van der Waals surface area contributed by atoms with Gasteiger partial charge in [-0.05, 0) is 36.4 Å². The summed E-state index contributed by atoms with van der Waals surface area (Å²) in [6.45, 7) is 5.01. The van der Waals surface area contributed by atoms with Crippen LogP contribution in [0.4, 0.5) is 13.2 Å². The molecule has 1 aromatic rings. The topological polar surface area (TPSA) is 12.0 Å². The molecule has 0 radical (unpaired) electrons. The van der Waals surface area contributed by atoms with E-state index in [1.807, 2.05) is 13.8 Å². The molecule has 0 amide bonds. The Hall–Kier alpha value is -0.680. The van der Waals surface area contributed by atoms with Crippen molar-refractivity contribution in [1.29, 1.82) is 0 Å². The first kappa shape index (κ1) is 15.4. The monoisotopic (exact) mass is 277 g/mol. The number of halogens is 3. The van der Waals surface area contributed by atoms with E-state index in [9.17, 15) is 13.2 Å². The summed E-state index contributed by atoms with van der Waals surface area (Å²) in [6, 6.07) is 4.51. The van der Waals surface area contributed by atoms with Gasteiger partial charge in [-0.15, -0.1) is 11.8 Å². The summed E-state index contributed by atoms with van der Waals surface area (Å²) in [7, 11) is 0. The number of alkyl halides is 3. The van der Waals surface area contributed by atoms with Gasteiger partial charge >= 0.3 is 6.18 Å². The highest BCUT2D eigenvalue weighted by Gasteiger charge is 2.33. The number of hydrogen-bond donors (Lipinski definition) is 1. The molecule has 0 spiro atoms. The van der Waals surface area contributed by atoms with Crippen molar-refractivity contribution in [3.8, 4) is 0 Å². The lowest BCUT2D eigenvalue weighted by Gasteiger charge is -2.15. The lowest BCUT2D eigenvalue weighted by atomic mass is 10.1. The lowest BCUT2D eigenvalue weighted by Crippen LogP contribution is -2.21. The maximum Gasteiger partial charge on any atom is 0.416 e. The van der Waals surface area contributed by atoms with Crippen LogP contribution in [0.1, 0.15) is 25.0 Å². The molecule has 0 atom stereocenters. The largest absolute Gasteiger partial charge is 0.416 e. The molecule has 0 heterocycles. The van der Waals surface area contributed by atoms with Crippen LogP contribution in [-0.2, 0) is 12.7 Å². The van der Waals surface area contributed by atoms with Gasteiger partial charge in [0.25, 0.3) is 0 Å². The first-order valence-electron chi connectivity index (χ1n) is 5.79. The van der Waals surface area contributed by atoms with E-state index in [2.05, 4.69) is 5.32 Å². The van der Waals surface area contributed by atoms with Crippen molar-refractivity contribution < 1.29 is 13.2 Å².